The van der Waals surface area contributed by atoms with Crippen molar-refractivity contribution in [2.45, 2.75) is 45.3 Å². The molecule has 31 heavy (non-hydrogen) atoms. The molecule has 5 heterocycles. The van der Waals surface area contributed by atoms with Crippen LogP contribution in [0.5, 0.6) is 5.88 Å². The summed E-state index contributed by atoms with van der Waals surface area (Å²) in [6, 6.07) is 5.43. The SMILES string of the molecule is Cc1cnc(OC2CC3CCC2N(C(=O)c2ccc(C)nc2-c2ncccn2)C3)cn1. The number of nitrogens with zero attached hydrogens (tertiary/aromatic N) is 6. The highest BCUT2D eigenvalue weighted by atomic mass is 16.5. The van der Waals surface area contributed by atoms with Crippen molar-refractivity contribution in [2.24, 2.45) is 5.92 Å². The molecule has 0 aromatic carbocycles. The molecule has 2 bridgehead atoms. The number of hydrogen-bond donors (Lipinski definition) is 0. The maximum atomic E-state index is 13.7. The lowest BCUT2D eigenvalue weighted by atomic mass is 9.77. The van der Waals surface area contributed by atoms with Crippen molar-refractivity contribution in [3.8, 4) is 17.4 Å². The number of pyridine rings is 1. The molecule has 8 nitrogen and oxygen atoms in total. The van der Waals surface area contributed by atoms with E-state index in [-0.39, 0.29) is 18.1 Å². The molecular formula is C23H24N6O2. The fourth-order valence-electron chi connectivity index (χ4n) is 4.56. The Morgan fingerprint density at radius 2 is 1.87 bits per heavy atom. The number of amides is 1. The van der Waals surface area contributed by atoms with Crippen LogP contribution >= 0.6 is 0 Å². The molecule has 3 aromatic heterocycles. The predicted octanol–water partition coefficient (Wildman–Crippen LogP) is 3.02. The monoisotopic (exact) mass is 416 g/mol. The lowest BCUT2D eigenvalue weighted by Gasteiger charge is -2.49. The average Bonchev–Trinajstić information content (AvgIpc) is 2.81. The first-order valence-electron chi connectivity index (χ1n) is 10.6. The van der Waals surface area contributed by atoms with E-state index in [0.717, 1.165) is 37.2 Å². The molecule has 3 aromatic rings. The summed E-state index contributed by atoms with van der Waals surface area (Å²) >= 11 is 0. The van der Waals surface area contributed by atoms with Gasteiger partial charge in [-0.3, -0.25) is 9.78 Å². The van der Waals surface area contributed by atoms with E-state index in [2.05, 4.69) is 24.9 Å². The molecule has 0 N–H and O–H groups in total. The second kappa shape index (κ2) is 8.02. The van der Waals surface area contributed by atoms with Gasteiger partial charge in [0.1, 0.15) is 11.8 Å². The molecular weight excluding hydrogens is 392 g/mol. The molecule has 3 fully saturated rings. The number of hydrogen-bond acceptors (Lipinski definition) is 7. The van der Waals surface area contributed by atoms with E-state index < -0.39 is 0 Å². The van der Waals surface area contributed by atoms with Crippen molar-refractivity contribution in [2.75, 3.05) is 6.54 Å². The summed E-state index contributed by atoms with van der Waals surface area (Å²) in [7, 11) is 0. The van der Waals surface area contributed by atoms with E-state index >= 15 is 0 Å². The van der Waals surface area contributed by atoms with Crippen LogP contribution in [0.2, 0.25) is 0 Å². The van der Waals surface area contributed by atoms with Crippen molar-refractivity contribution in [3.05, 3.63) is 59.9 Å². The number of aryl methyl sites for hydroxylation is 2. The van der Waals surface area contributed by atoms with Crippen LogP contribution in [0, 0.1) is 19.8 Å². The first-order chi connectivity index (χ1) is 15.1. The van der Waals surface area contributed by atoms with Crippen LogP contribution in [0.15, 0.2) is 43.0 Å². The molecule has 3 unspecified atom stereocenters. The Bertz CT molecular complexity index is 1090. The minimum absolute atomic E-state index is 0.00792. The highest BCUT2D eigenvalue weighted by Gasteiger charge is 2.45. The zero-order valence-corrected chi connectivity index (χ0v) is 17.6. The van der Waals surface area contributed by atoms with Gasteiger partial charge in [0.25, 0.3) is 5.91 Å². The smallest absolute Gasteiger partial charge is 0.256 e. The third-order valence-electron chi connectivity index (χ3n) is 6.05. The quantitative estimate of drug-likeness (QED) is 0.645. The maximum Gasteiger partial charge on any atom is 0.256 e. The Morgan fingerprint density at radius 3 is 2.61 bits per heavy atom. The molecule has 0 radical (unpaired) electrons. The van der Waals surface area contributed by atoms with Gasteiger partial charge in [-0.05, 0) is 57.2 Å². The highest BCUT2D eigenvalue weighted by molar-refractivity contribution is 5.99. The van der Waals surface area contributed by atoms with Crippen LogP contribution in [-0.2, 0) is 0 Å². The Hall–Kier alpha value is -3.42. The van der Waals surface area contributed by atoms with Gasteiger partial charge in [0.05, 0.1) is 29.7 Å². The van der Waals surface area contributed by atoms with Crippen LogP contribution in [0.25, 0.3) is 11.5 Å². The number of piperidine rings is 2. The molecule has 3 aliphatic rings. The van der Waals surface area contributed by atoms with Gasteiger partial charge < -0.3 is 9.64 Å². The fourth-order valence-corrected chi connectivity index (χ4v) is 4.56. The largest absolute Gasteiger partial charge is 0.471 e. The first-order valence-corrected chi connectivity index (χ1v) is 10.6. The third-order valence-corrected chi connectivity index (χ3v) is 6.05. The average molecular weight is 416 g/mol. The molecule has 1 saturated carbocycles. The topological polar surface area (TPSA) is 94.0 Å². The number of rotatable bonds is 4. The van der Waals surface area contributed by atoms with Crippen LogP contribution in [0.1, 0.15) is 41.0 Å². The molecule has 2 aliphatic heterocycles. The molecule has 8 heteroatoms. The highest BCUT2D eigenvalue weighted by Crippen LogP contribution is 2.38. The molecule has 6 rings (SSSR count). The first kappa shape index (κ1) is 19.5. The zero-order chi connectivity index (χ0) is 21.4. The van der Waals surface area contributed by atoms with E-state index in [1.54, 1.807) is 30.9 Å². The summed E-state index contributed by atoms with van der Waals surface area (Å²) in [5, 5.41) is 0. The van der Waals surface area contributed by atoms with E-state index in [1.807, 2.05) is 30.9 Å². The van der Waals surface area contributed by atoms with Gasteiger partial charge in [-0.2, -0.15) is 0 Å². The van der Waals surface area contributed by atoms with Gasteiger partial charge in [0.2, 0.25) is 5.88 Å². The number of fused-ring (bicyclic) bond motifs is 3. The minimum Gasteiger partial charge on any atom is -0.471 e. The lowest BCUT2D eigenvalue weighted by molar-refractivity contribution is -0.0314. The van der Waals surface area contributed by atoms with Crippen LogP contribution in [-0.4, -0.2) is 54.4 Å². The van der Waals surface area contributed by atoms with Gasteiger partial charge in [-0.25, -0.2) is 19.9 Å². The van der Waals surface area contributed by atoms with Crippen molar-refractivity contribution in [1.82, 2.24) is 29.8 Å². The summed E-state index contributed by atoms with van der Waals surface area (Å²) in [6.07, 6.45) is 9.52. The molecule has 0 spiro atoms. The Kier molecular flexibility index (Phi) is 5.05. The van der Waals surface area contributed by atoms with Gasteiger partial charge >= 0.3 is 0 Å². The number of carbonyl (C=O) groups is 1. The van der Waals surface area contributed by atoms with Crippen LogP contribution in [0.4, 0.5) is 0 Å². The standard InChI is InChI=1S/C23H24N6O2/c1-14-4-6-17(21(28-14)22-24-8-3-9-25-22)23(30)29-13-16-5-7-18(29)19(10-16)31-20-12-26-15(2)11-27-20/h3-4,6,8-9,11-12,16,18-19H,5,7,10,13H2,1-2H3. The van der Waals surface area contributed by atoms with Crippen LogP contribution in [0.3, 0.4) is 0 Å². The second-order valence-electron chi connectivity index (χ2n) is 8.28. The minimum atomic E-state index is -0.0942. The molecule has 158 valence electrons. The lowest BCUT2D eigenvalue weighted by Crippen LogP contribution is -2.59. The molecule has 3 atom stereocenters. The zero-order valence-electron chi connectivity index (χ0n) is 17.6. The van der Waals surface area contributed by atoms with Crippen molar-refractivity contribution >= 4 is 5.91 Å². The van der Waals surface area contributed by atoms with Gasteiger partial charge in [-0.1, -0.05) is 0 Å². The normalized spacial score (nSPS) is 22.4. The maximum absolute atomic E-state index is 13.7. The summed E-state index contributed by atoms with van der Waals surface area (Å²) in [5.74, 6) is 1.32. The van der Waals surface area contributed by atoms with E-state index in [1.165, 1.54) is 0 Å². The van der Waals surface area contributed by atoms with Crippen molar-refractivity contribution in [3.63, 3.8) is 0 Å². The number of ether oxygens (including phenoxy) is 1. The molecule has 1 amide bonds. The van der Waals surface area contributed by atoms with Gasteiger partial charge in [-0.15, -0.1) is 0 Å². The third kappa shape index (κ3) is 3.85. The van der Waals surface area contributed by atoms with Crippen LogP contribution < -0.4 is 4.74 Å². The molecule has 1 aliphatic carbocycles. The Morgan fingerprint density at radius 1 is 1.03 bits per heavy atom. The fraction of sp³-hybridized carbons (Fsp3) is 0.391. The van der Waals surface area contributed by atoms with E-state index in [9.17, 15) is 4.79 Å². The van der Waals surface area contributed by atoms with Crippen molar-refractivity contribution < 1.29 is 9.53 Å². The summed E-state index contributed by atoms with van der Waals surface area (Å²) in [4.78, 5) is 37.5. The predicted molar refractivity (Wildman–Crippen MR) is 113 cm³/mol. The summed E-state index contributed by atoms with van der Waals surface area (Å²) in [5.41, 5.74) is 2.71. The van der Waals surface area contributed by atoms with Gasteiger partial charge in [0, 0.05) is 24.6 Å². The Labute approximate surface area is 180 Å². The van der Waals surface area contributed by atoms with Gasteiger partial charge in [0.15, 0.2) is 5.82 Å². The van der Waals surface area contributed by atoms with E-state index in [4.69, 9.17) is 4.74 Å². The summed E-state index contributed by atoms with van der Waals surface area (Å²) in [6.45, 7) is 4.52. The summed E-state index contributed by atoms with van der Waals surface area (Å²) < 4.78 is 6.19. The number of aromatic nitrogens is 5. The second-order valence-corrected chi connectivity index (χ2v) is 8.28. The van der Waals surface area contributed by atoms with E-state index in [0.29, 0.717) is 28.9 Å². The molecule has 2 saturated heterocycles. The number of carbonyl (C=O) groups excluding carboxylic acids is 1. The Balaban J connectivity index is 1.44. The van der Waals surface area contributed by atoms with Crippen molar-refractivity contribution in [1.29, 1.82) is 0 Å².